The number of rotatable bonds is 8. The maximum atomic E-state index is 12.3. The fraction of sp³-hybridized carbons (Fsp3) is 0.300. The Labute approximate surface area is 157 Å². The zero-order valence-corrected chi connectivity index (χ0v) is 15.4. The molecule has 0 saturated heterocycles. The first kappa shape index (κ1) is 18.6. The number of carbonyl (C=O) groups is 1. The maximum Gasteiger partial charge on any atom is 0.227 e. The molecular formula is C20H22N4O3. The van der Waals surface area contributed by atoms with E-state index in [1.54, 1.807) is 18.5 Å². The predicted octanol–water partition coefficient (Wildman–Crippen LogP) is 3.74. The molecular weight excluding hydrogens is 344 g/mol. The average Bonchev–Trinajstić information content (AvgIpc) is 3.15. The first-order valence-corrected chi connectivity index (χ1v) is 8.86. The molecule has 140 valence electrons. The molecule has 7 nitrogen and oxygen atoms in total. The molecule has 0 saturated carbocycles. The van der Waals surface area contributed by atoms with Crippen LogP contribution in [0.1, 0.15) is 26.2 Å². The first-order valence-electron chi connectivity index (χ1n) is 8.86. The van der Waals surface area contributed by atoms with Gasteiger partial charge in [-0.05, 0) is 30.2 Å². The van der Waals surface area contributed by atoms with Crippen LogP contribution < -0.4 is 10.1 Å². The molecule has 3 rings (SSSR count). The Balaban J connectivity index is 1.56. The van der Waals surface area contributed by atoms with Gasteiger partial charge in [0.05, 0.1) is 12.3 Å². The van der Waals surface area contributed by atoms with Gasteiger partial charge in [0, 0.05) is 30.8 Å². The second kappa shape index (κ2) is 8.93. The Morgan fingerprint density at radius 1 is 1.22 bits per heavy atom. The lowest BCUT2D eigenvalue weighted by Crippen LogP contribution is -2.14. The van der Waals surface area contributed by atoms with Gasteiger partial charge in [-0.3, -0.25) is 9.78 Å². The Morgan fingerprint density at radius 2 is 2.07 bits per heavy atom. The number of nitrogens with one attached hydrogen (secondary N) is 1. The molecule has 0 unspecified atom stereocenters. The quantitative estimate of drug-likeness (QED) is 0.653. The SMILES string of the molecule is CC(C)COc1ccccc1NC(=O)CCc1nc(-c2cccnc2)no1. The number of aryl methyl sites for hydroxylation is 1. The lowest BCUT2D eigenvalue weighted by atomic mass is 10.2. The van der Waals surface area contributed by atoms with E-state index in [-0.39, 0.29) is 12.3 Å². The molecule has 0 fully saturated rings. The molecule has 3 aromatic rings. The summed E-state index contributed by atoms with van der Waals surface area (Å²) in [6.07, 6.45) is 3.92. The number of anilines is 1. The van der Waals surface area contributed by atoms with Crippen LogP contribution in [0.25, 0.3) is 11.4 Å². The Hall–Kier alpha value is -3.22. The lowest BCUT2D eigenvalue weighted by Gasteiger charge is -2.13. The van der Waals surface area contributed by atoms with Crippen molar-refractivity contribution in [2.45, 2.75) is 26.7 Å². The van der Waals surface area contributed by atoms with Gasteiger partial charge >= 0.3 is 0 Å². The van der Waals surface area contributed by atoms with Crippen molar-refractivity contribution in [3.63, 3.8) is 0 Å². The highest BCUT2D eigenvalue weighted by Gasteiger charge is 2.12. The summed E-state index contributed by atoms with van der Waals surface area (Å²) in [4.78, 5) is 20.6. The Kier molecular flexibility index (Phi) is 6.14. The van der Waals surface area contributed by atoms with E-state index in [4.69, 9.17) is 9.26 Å². The molecule has 0 aliphatic carbocycles. The number of pyridine rings is 1. The van der Waals surface area contributed by atoms with Crippen LogP contribution in [0.4, 0.5) is 5.69 Å². The van der Waals surface area contributed by atoms with Gasteiger partial charge in [0.1, 0.15) is 5.75 Å². The lowest BCUT2D eigenvalue weighted by molar-refractivity contribution is -0.116. The van der Waals surface area contributed by atoms with Crippen LogP contribution in [0, 0.1) is 5.92 Å². The molecule has 0 aliphatic heterocycles. The highest BCUT2D eigenvalue weighted by Crippen LogP contribution is 2.24. The minimum atomic E-state index is -0.142. The predicted molar refractivity (Wildman–Crippen MR) is 101 cm³/mol. The van der Waals surface area contributed by atoms with Gasteiger partial charge < -0.3 is 14.6 Å². The maximum absolute atomic E-state index is 12.3. The highest BCUT2D eigenvalue weighted by molar-refractivity contribution is 5.92. The van der Waals surface area contributed by atoms with Crippen LogP contribution in [0.15, 0.2) is 53.3 Å². The summed E-state index contributed by atoms with van der Waals surface area (Å²) in [7, 11) is 0. The molecule has 1 amide bonds. The minimum Gasteiger partial charge on any atom is -0.491 e. The summed E-state index contributed by atoms with van der Waals surface area (Å²) in [5.74, 6) is 1.80. The number of benzene rings is 1. The van der Waals surface area contributed by atoms with Crippen molar-refractivity contribution in [3.8, 4) is 17.1 Å². The number of ether oxygens (including phenoxy) is 1. The number of hydrogen-bond acceptors (Lipinski definition) is 6. The molecule has 2 heterocycles. The summed E-state index contributed by atoms with van der Waals surface area (Å²) >= 11 is 0. The number of amides is 1. The van der Waals surface area contributed by atoms with E-state index in [0.29, 0.717) is 42.1 Å². The van der Waals surface area contributed by atoms with Crippen LogP contribution >= 0.6 is 0 Å². The van der Waals surface area contributed by atoms with Crippen molar-refractivity contribution in [1.29, 1.82) is 0 Å². The Morgan fingerprint density at radius 3 is 2.85 bits per heavy atom. The molecule has 0 aliphatic rings. The molecule has 2 aromatic heterocycles. The third-order valence-electron chi connectivity index (χ3n) is 3.69. The summed E-state index contributed by atoms with van der Waals surface area (Å²) in [6, 6.07) is 11.1. The summed E-state index contributed by atoms with van der Waals surface area (Å²) < 4.78 is 11.0. The van der Waals surface area contributed by atoms with E-state index in [1.807, 2.05) is 30.3 Å². The van der Waals surface area contributed by atoms with Gasteiger partial charge in [-0.1, -0.05) is 31.1 Å². The van der Waals surface area contributed by atoms with Crippen LogP contribution in [-0.2, 0) is 11.2 Å². The summed E-state index contributed by atoms with van der Waals surface area (Å²) in [6.45, 7) is 4.74. The van der Waals surface area contributed by atoms with E-state index in [9.17, 15) is 4.79 Å². The van der Waals surface area contributed by atoms with E-state index in [2.05, 4.69) is 34.3 Å². The van der Waals surface area contributed by atoms with Crippen molar-refractivity contribution in [1.82, 2.24) is 15.1 Å². The van der Waals surface area contributed by atoms with E-state index in [1.165, 1.54) is 0 Å². The first-order chi connectivity index (χ1) is 13.1. The van der Waals surface area contributed by atoms with E-state index in [0.717, 1.165) is 5.56 Å². The van der Waals surface area contributed by atoms with Crippen molar-refractivity contribution < 1.29 is 14.1 Å². The monoisotopic (exact) mass is 366 g/mol. The molecule has 7 heteroatoms. The zero-order chi connectivity index (χ0) is 19.1. The summed E-state index contributed by atoms with van der Waals surface area (Å²) in [5.41, 5.74) is 1.43. The fourth-order valence-corrected chi connectivity index (χ4v) is 2.35. The number of carbonyl (C=O) groups excluding carboxylic acids is 1. The third kappa shape index (κ3) is 5.37. The van der Waals surface area contributed by atoms with Crippen molar-refractivity contribution in [2.24, 2.45) is 5.92 Å². The van der Waals surface area contributed by atoms with Gasteiger partial charge in [-0.25, -0.2) is 0 Å². The van der Waals surface area contributed by atoms with Crippen LogP contribution in [0.5, 0.6) is 5.75 Å². The van der Waals surface area contributed by atoms with Gasteiger partial charge in [-0.15, -0.1) is 0 Å². The van der Waals surface area contributed by atoms with Gasteiger partial charge in [-0.2, -0.15) is 4.98 Å². The average molecular weight is 366 g/mol. The molecule has 1 N–H and O–H groups in total. The normalized spacial score (nSPS) is 10.8. The minimum absolute atomic E-state index is 0.142. The van der Waals surface area contributed by atoms with E-state index < -0.39 is 0 Å². The van der Waals surface area contributed by atoms with Crippen molar-refractivity contribution >= 4 is 11.6 Å². The van der Waals surface area contributed by atoms with Crippen molar-refractivity contribution in [3.05, 3.63) is 54.7 Å². The molecule has 27 heavy (non-hydrogen) atoms. The van der Waals surface area contributed by atoms with Crippen LogP contribution in [0.2, 0.25) is 0 Å². The standard InChI is InChI=1S/C20H22N4O3/c1-14(2)13-26-17-8-4-3-7-16(17)22-18(25)9-10-19-23-20(24-27-19)15-6-5-11-21-12-15/h3-8,11-12,14H,9-10,13H2,1-2H3,(H,22,25). The second-order valence-electron chi connectivity index (χ2n) is 6.50. The van der Waals surface area contributed by atoms with Crippen LogP contribution in [-0.4, -0.2) is 27.6 Å². The Bertz CT molecular complexity index is 878. The number of aromatic nitrogens is 3. The molecule has 0 spiro atoms. The number of para-hydroxylation sites is 2. The molecule has 0 radical (unpaired) electrons. The topological polar surface area (TPSA) is 90.1 Å². The molecule has 1 aromatic carbocycles. The number of nitrogens with zero attached hydrogens (tertiary/aromatic N) is 3. The largest absolute Gasteiger partial charge is 0.491 e. The smallest absolute Gasteiger partial charge is 0.227 e. The second-order valence-corrected chi connectivity index (χ2v) is 6.50. The van der Waals surface area contributed by atoms with Crippen LogP contribution in [0.3, 0.4) is 0 Å². The molecule has 0 atom stereocenters. The van der Waals surface area contributed by atoms with Crippen molar-refractivity contribution in [2.75, 3.05) is 11.9 Å². The third-order valence-corrected chi connectivity index (χ3v) is 3.69. The van der Waals surface area contributed by atoms with Gasteiger partial charge in [0.15, 0.2) is 0 Å². The van der Waals surface area contributed by atoms with Gasteiger partial charge in [0.25, 0.3) is 0 Å². The molecule has 0 bridgehead atoms. The van der Waals surface area contributed by atoms with E-state index >= 15 is 0 Å². The fourth-order valence-electron chi connectivity index (χ4n) is 2.35. The number of hydrogen-bond donors (Lipinski definition) is 1. The highest BCUT2D eigenvalue weighted by atomic mass is 16.5. The summed E-state index contributed by atoms with van der Waals surface area (Å²) in [5, 5.41) is 6.80. The zero-order valence-electron chi connectivity index (χ0n) is 15.4. The van der Waals surface area contributed by atoms with Gasteiger partial charge in [0.2, 0.25) is 17.6 Å².